The van der Waals surface area contributed by atoms with Crippen LogP contribution in [0.5, 0.6) is 0 Å². The van der Waals surface area contributed by atoms with E-state index in [0.29, 0.717) is 49.7 Å². The van der Waals surface area contributed by atoms with Crippen molar-refractivity contribution < 1.29 is 14.7 Å². The number of hydrogen-bond acceptors (Lipinski definition) is 6. The van der Waals surface area contributed by atoms with E-state index in [2.05, 4.69) is 10.2 Å². The lowest BCUT2D eigenvalue weighted by Gasteiger charge is -2.43. The average molecular weight is 410 g/mol. The van der Waals surface area contributed by atoms with E-state index in [1.807, 2.05) is 34.1 Å². The minimum atomic E-state index is -1.01. The normalized spacial score (nSPS) is 21.0. The van der Waals surface area contributed by atoms with E-state index < -0.39 is 5.60 Å². The molecule has 2 aromatic rings. The zero-order valence-electron chi connectivity index (χ0n) is 16.8. The molecule has 2 aliphatic heterocycles. The van der Waals surface area contributed by atoms with Crippen LogP contribution in [0.3, 0.4) is 0 Å². The first-order valence-electron chi connectivity index (χ1n) is 10.4. The zero-order valence-corrected chi connectivity index (χ0v) is 16.8. The maximum absolute atomic E-state index is 13.0. The number of H-pyrrole nitrogens is 1. The van der Waals surface area contributed by atoms with Crippen LogP contribution in [-0.2, 0) is 4.79 Å². The van der Waals surface area contributed by atoms with Gasteiger partial charge in [-0.3, -0.25) is 14.7 Å². The topological polar surface area (TPSA) is 119 Å². The molecule has 1 aromatic heterocycles. The number of nitrogens with zero attached hydrogens (tertiary/aromatic N) is 4. The number of β-amino-alcohol motifs (C(OH)–C–C–N with tert-alkyl or cyclic N) is 1. The van der Waals surface area contributed by atoms with Crippen LogP contribution < -0.4 is 10.6 Å². The number of nitrogens with two attached hydrogens (primary N) is 1. The first kappa shape index (κ1) is 18.9. The summed E-state index contributed by atoms with van der Waals surface area (Å²) < 4.78 is 0. The molecule has 158 valence electrons. The monoisotopic (exact) mass is 410 g/mol. The Labute approximate surface area is 174 Å². The Bertz CT molecular complexity index is 959. The Morgan fingerprint density at radius 3 is 2.60 bits per heavy atom. The van der Waals surface area contributed by atoms with E-state index in [9.17, 15) is 14.7 Å². The lowest BCUT2D eigenvalue weighted by molar-refractivity contribution is -0.137. The van der Waals surface area contributed by atoms with E-state index in [4.69, 9.17) is 5.73 Å². The summed E-state index contributed by atoms with van der Waals surface area (Å²) in [6.07, 6.45) is 4.42. The molecule has 5 rings (SSSR count). The fraction of sp³-hybridized carbons (Fsp3) is 0.476. The van der Waals surface area contributed by atoms with E-state index in [0.717, 1.165) is 18.5 Å². The van der Waals surface area contributed by atoms with Crippen molar-refractivity contribution in [2.75, 3.05) is 36.9 Å². The number of piperidine rings is 1. The van der Waals surface area contributed by atoms with Crippen LogP contribution in [-0.4, -0.2) is 68.8 Å². The third-order valence-electron chi connectivity index (χ3n) is 6.34. The fourth-order valence-electron chi connectivity index (χ4n) is 4.35. The van der Waals surface area contributed by atoms with Gasteiger partial charge in [-0.1, -0.05) is 0 Å². The zero-order chi connectivity index (χ0) is 20.9. The van der Waals surface area contributed by atoms with Crippen LogP contribution >= 0.6 is 0 Å². The van der Waals surface area contributed by atoms with Gasteiger partial charge in [0.15, 0.2) is 0 Å². The fourth-order valence-corrected chi connectivity index (χ4v) is 4.35. The highest BCUT2D eigenvalue weighted by atomic mass is 16.3. The molecular formula is C21H26N6O3. The van der Waals surface area contributed by atoms with Gasteiger partial charge in [0.1, 0.15) is 11.4 Å². The van der Waals surface area contributed by atoms with Crippen LogP contribution in [0.1, 0.15) is 36.0 Å². The third kappa shape index (κ3) is 3.39. The number of rotatable bonds is 4. The van der Waals surface area contributed by atoms with Gasteiger partial charge in [0.2, 0.25) is 5.91 Å². The molecule has 1 saturated heterocycles. The van der Waals surface area contributed by atoms with E-state index in [1.54, 1.807) is 4.90 Å². The molecule has 2 fully saturated rings. The molecule has 30 heavy (non-hydrogen) atoms. The highest BCUT2D eigenvalue weighted by Crippen LogP contribution is 2.35. The second-order valence-corrected chi connectivity index (χ2v) is 8.62. The first-order valence-corrected chi connectivity index (χ1v) is 10.4. The number of nitrogens with one attached hydrogen (secondary N) is 1. The SMILES string of the molecule is Nc1ccc(N2CN(CC3(O)CCN(C(=O)C4CC4)CC3)C(=O)c3cn[nH]c32)cc1. The number of aromatic amines is 1. The Hall–Kier alpha value is -3.07. The molecule has 1 saturated carbocycles. The Kier molecular flexibility index (Phi) is 4.43. The van der Waals surface area contributed by atoms with Gasteiger partial charge in [0.05, 0.1) is 25.0 Å². The molecule has 1 aliphatic carbocycles. The molecule has 3 aliphatic rings. The van der Waals surface area contributed by atoms with Gasteiger partial charge in [-0.2, -0.15) is 5.10 Å². The van der Waals surface area contributed by atoms with Crippen molar-refractivity contribution in [3.63, 3.8) is 0 Å². The number of carbonyl (C=O) groups excluding carboxylic acids is 2. The molecule has 0 spiro atoms. The number of nitrogen functional groups attached to an aromatic ring is 1. The molecule has 3 heterocycles. The number of carbonyl (C=O) groups is 2. The van der Waals surface area contributed by atoms with Gasteiger partial charge in [-0.15, -0.1) is 0 Å². The van der Waals surface area contributed by atoms with Crippen LogP contribution in [0, 0.1) is 5.92 Å². The predicted octanol–water partition coefficient (Wildman–Crippen LogP) is 1.31. The van der Waals surface area contributed by atoms with Gasteiger partial charge in [-0.05, 0) is 49.9 Å². The Morgan fingerprint density at radius 1 is 1.23 bits per heavy atom. The highest BCUT2D eigenvalue weighted by Gasteiger charge is 2.42. The van der Waals surface area contributed by atoms with Crippen molar-refractivity contribution >= 4 is 29.0 Å². The van der Waals surface area contributed by atoms with Gasteiger partial charge in [-0.25, -0.2) is 0 Å². The average Bonchev–Trinajstić information content (AvgIpc) is 3.47. The number of anilines is 3. The van der Waals surface area contributed by atoms with E-state index in [-0.39, 0.29) is 24.3 Å². The number of benzene rings is 1. The van der Waals surface area contributed by atoms with Crippen LogP contribution in [0.25, 0.3) is 0 Å². The number of amides is 2. The summed E-state index contributed by atoms with van der Waals surface area (Å²) in [5, 5.41) is 18.2. The lowest BCUT2D eigenvalue weighted by Crippen LogP contribution is -2.56. The second kappa shape index (κ2) is 7.02. The number of aliphatic hydroxyl groups is 1. The van der Waals surface area contributed by atoms with Gasteiger partial charge < -0.3 is 25.5 Å². The number of aromatic nitrogens is 2. The van der Waals surface area contributed by atoms with Crippen molar-refractivity contribution in [2.24, 2.45) is 5.92 Å². The van der Waals surface area contributed by atoms with E-state index in [1.165, 1.54) is 6.20 Å². The van der Waals surface area contributed by atoms with Crippen molar-refractivity contribution in [3.8, 4) is 0 Å². The minimum absolute atomic E-state index is 0.157. The molecule has 9 heteroatoms. The van der Waals surface area contributed by atoms with Crippen molar-refractivity contribution in [3.05, 3.63) is 36.0 Å². The number of likely N-dealkylation sites (tertiary alicyclic amines) is 1. The summed E-state index contributed by atoms with van der Waals surface area (Å²) >= 11 is 0. The third-order valence-corrected chi connectivity index (χ3v) is 6.34. The largest absolute Gasteiger partial charge is 0.399 e. The first-order chi connectivity index (χ1) is 14.4. The number of hydrogen-bond donors (Lipinski definition) is 3. The molecule has 0 atom stereocenters. The summed E-state index contributed by atoms with van der Waals surface area (Å²) in [7, 11) is 0. The molecule has 0 radical (unpaired) electrons. The minimum Gasteiger partial charge on any atom is -0.399 e. The summed E-state index contributed by atoms with van der Waals surface area (Å²) in [5.41, 5.74) is 6.82. The predicted molar refractivity (Wildman–Crippen MR) is 111 cm³/mol. The molecule has 9 nitrogen and oxygen atoms in total. The second-order valence-electron chi connectivity index (χ2n) is 8.62. The van der Waals surface area contributed by atoms with Crippen LogP contribution in [0.2, 0.25) is 0 Å². The van der Waals surface area contributed by atoms with Gasteiger partial charge in [0.25, 0.3) is 5.91 Å². The van der Waals surface area contributed by atoms with Crippen LogP contribution in [0.4, 0.5) is 17.2 Å². The molecule has 0 unspecified atom stereocenters. The standard InChI is InChI=1S/C21H26N6O3/c22-15-3-5-16(6-4-15)27-13-26(20(29)17-11-23-24-18(17)27)12-21(30)7-9-25(10-8-21)19(28)14-1-2-14/h3-6,11,14,30H,1-2,7-10,12-13,22H2,(H,23,24). The molecule has 1 aromatic carbocycles. The molecule has 4 N–H and O–H groups in total. The van der Waals surface area contributed by atoms with E-state index >= 15 is 0 Å². The summed E-state index contributed by atoms with van der Waals surface area (Å²) in [4.78, 5) is 30.8. The maximum atomic E-state index is 13.0. The molecular weight excluding hydrogens is 384 g/mol. The smallest absolute Gasteiger partial charge is 0.260 e. The van der Waals surface area contributed by atoms with Crippen molar-refractivity contribution in [1.82, 2.24) is 20.0 Å². The maximum Gasteiger partial charge on any atom is 0.260 e. The van der Waals surface area contributed by atoms with Crippen LogP contribution in [0.15, 0.2) is 30.5 Å². The highest BCUT2D eigenvalue weighted by molar-refractivity contribution is 6.01. The lowest BCUT2D eigenvalue weighted by atomic mass is 9.90. The molecule has 0 bridgehead atoms. The Morgan fingerprint density at radius 2 is 1.93 bits per heavy atom. The van der Waals surface area contributed by atoms with Crippen molar-refractivity contribution in [1.29, 1.82) is 0 Å². The Balaban J connectivity index is 1.32. The number of fused-ring (bicyclic) bond motifs is 1. The molecule has 2 amide bonds. The summed E-state index contributed by atoms with van der Waals surface area (Å²) in [6, 6.07) is 7.41. The van der Waals surface area contributed by atoms with Gasteiger partial charge >= 0.3 is 0 Å². The van der Waals surface area contributed by atoms with Gasteiger partial charge in [0, 0.05) is 30.4 Å². The summed E-state index contributed by atoms with van der Waals surface area (Å²) in [6.45, 7) is 1.58. The summed E-state index contributed by atoms with van der Waals surface area (Å²) in [5.74, 6) is 0.879. The van der Waals surface area contributed by atoms with Crippen molar-refractivity contribution in [2.45, 2.75) is 31.3 Å². The quantitative estimate of drug-likeness (QED) is 0.654.